The molecule has 20 heavy (non-hydrogen) atoms. The minimum atomic E-state index is 0.229. The highest BCUT2D eigenvalue weighted by Gasteiger charge is 2.06. The molecule has 0 unspecified atom stereocenters. The Morgan fingerprint density at radius 1 is 1.20 bits per heavy atom. The van der Waals surface area contributed by atoms with Crippen LogP contribution in [0.15, 0.2) is 30.3 Å². The van der Waals surface area contributed by atoms with E-state index in [1.54, 1.807) is 18.2 Å². The van der Waals surface area contributed by atoms with Crippen molar-refractivity contribution in [3.63, 3.8) is 0 Å². The average molecular weight is 271 g/mol. The molecule has 0 fully saturated rings. The zero-order valence-corrected chi connectivity index (χ0v) is 12.2. The monoisotopic (exact) mass is 271 g/mol. The summed E-state index contributed by atoms with van der Waals surface area (Å²) in [5, 5.41) is 12.9. The molecule has 2 aromatic rings. The molecule has 4 heteroatoms. The largest absolute Gasteiger partial charge is 0.508 e. The molecule has 0 aliphatic carbocycles. The molecule has 0 bridgehead atoms. The minimum Gasteiger partial charge on any atom is -0.508 e. The lowest BCUT2D eigenvalue weighted by molar-refractivity contribution is 0.475. The van der Waals surface area contributed by atoms with Crippen molar-refractivity contribution in [1.82, 2.24) is 15.3 Å². The van der Waals surface area contributed by atoms with Crippen LogP contribution >= 0.6 is 0 Å². The molecular formula is C16H21N3O. The lowest BCUT2D eigenvalue weighted by Crippen LogP contribution is -2.20. The maximum Gasteiger partial charge on any atom is 0.159 e. The van der Waals surface area contributed by atoms with Gasteiger partial charge in [0.1, 0.15) is 5.75 Å². The van der Waals surface area contributed by atoms with Gasteiger partial charge in [0.2, 0.25) is 0 Å². The van der Waals surface area contributed by atoms with Gasteiger partial charge in [-0.15, -0.1) is 0 Å². The average Bonchev–Trinajstić information content (AvgIpc) is 2.37. The number of hydrogen-bond donors (Lipinski definition) is 2. The van der Waals surface area contributed by atoms with E-state index in [1.165, 1.54) is 0 Å². The van der Waals surface area contributed by atoms with Crippen molar-refractivity contribution in [2.75, 3.05) is 6.54 Å². The number of benzene rings is 1. The zero-order valence-electron chi connectivity index (χ0n) is 12.2. The van der Waals surface area contributed by atoms with Crippen LogP contribution in [0.3, 0.4) is 0 Å². The van der Waals surface area contributed by atoms with E-state index in [9.17, 15) is 5.11 Å². The van der Waals surface area contributed by atoms with E-state index in [2.05, 4.69) is 29.1 Å². The molecule has 1 aromatic carbocycles. The van der Waals surface area contributed by atoms with E-state index in [4.69, 9.17) is 0 Å². The number of aromatic nitrogens is 2. The summed E-state index contributed by atoms with van der Waals surface area (Å²) >= 11 is 0. The third-order valence-corrected chi connectivity index (χ3v) is 2.87. The van der Waals surface area contributed by atoms with Crippen LogP contribution in [0, 0.1) is 12.8 Å². The van der Waals surface area contributed by atoms with E-state index in [0.29, 0.717) is 11.7 Å². The molecule has 0 atom stereocenters. The van der Waals surface area contributed by atoms with Gasteiger partial charge in [-0.25, -0.2) is 9.97 Å². The Morgan fingerprint density at radius 2 is 2.00 bits per heavy atom. The Hall–Kier alpha value is -1.94. The van der Waals surface area contributed by atoms with Gasteiger partial charge in [-0.3, -0.25) is 0 Å². The number of nitrogens with one attached hydrogen (secondary N) is 1. The molecule has 0 amide bonds. The smallest absolute Gasteiger partial charge is 0.159 e. The fraction of sp³-hybridized carbons (Fsp3) is 0.375. The summed E-state index contributed by atoms with van der Waals surface area (Å²) in [6.07, 6.45) is 0. The van der Waals surface area contributed by atoms with Crippen LogP contribution in [0.5, 0.6) is 5.75 Å². The van der Waals surface area contributed by atoms with Gasteiger partial charge in [0.25, 0.3) is 0 Å². The van der Waals surface area contributed by atoms with Gasteiger partial charge >= 0.3 is 0 Å². The third-order valence-electron chi connectivity index (χ3n) is 2.87. The standard InChI is InChI=1S/C16H21N3O/c1-11(2)9-17-10-14-7-12(3)18-16(19-14)13-5-4-6-15(20)8-13/h4-8,11,17,20H,9-10H2,1-3H3. The number of aromatic hydroxyl groups is 1. The van der Waals surface area contributed by atoms with E-state index in [1.807, 2.05) is 19.1 Å². The summed E-state index contributed by atoms with van der Waals surface area (Å²) in [5.41, 5.74) is 2.73. The SMILES string of the molecule is Cc1cc(CNCC(C)C)nc(-c2cccc(O)c2)n1. The number of hydrogen-bond acceptors (Lipinski definition) is 4. The second kappa shape index (κ2) is 6.48. The highest BCUT2D eigenvalue weighted by Crippen LogP contribution is 2.20. The number of phenols is 1. The lowest BCUT2D eigenvalue weighted by Gasteiger charge is -2.09. The Bertz CT molecular complexity index is 582. The van der Waals surface area contributed by atoms with Crippen molar-refractivity contribution in [2.24, 2.45) is 5.92 Å². The molecule has 0 saturated heterocycles. The number of aryl methyl sites for hydroxylation is 1. The van der Waals surface area contributed by atoms with Gasteiger partial charge in [-0.2, -0.15) is 0 Å². The van der Waals surface area contributed by atoms with Crippen LogP contribution in [0.4, 0.5) is 0 Å². The van der Waals surface area contributed by atoms with Crippen LogP contribution in [0.25, 0.3) is 11.4 Å². The molecule has 4 nitrogen and oxygen atoms in total. The first kappa shape index (κ1) is 14.5. The Labute approximate surface area is 119 Å². The number of phenolic OH excluding ortho intramolecular Hbond substituents is 1. The quantitative estimate of drug-likeness (QED) is 0.878. The van der Waals surface area contributed by atoms with Gasteiger partial charge in [-0.1, -0.05) is 26.0 Å². The Kier molecular flexibility index (Phi) is 4.69. The molecular weight excluding hydrogens is 250 g/mol. The van der Waals surface area contributed by atoms with Crippen molar-refractivity contribution in [1.29, 1.82) is 0 Å². The van der Waals surface area contributed by atoms with Gasteiger partial charge in [-0.05, 0) is 37.6 Å². The fourth-order valence-electron chi connectivity index (χ4n) is 1.99. The maximum absolute atomic E-state index is 9.55. The highest BCUT2D eigenvalue weighted by atomic mass is 16.3. The number of rotatable bonds is 5. The normalized spacial score (nSPS) is 11.0. The van der Waals surface area contributed by atoms with Gasteiger partial charge < -0.3 is 10.4 Å². The van der Waals surface area contributed by atoms with Gasteiger partial charge in [0.15, 0.2) is 5.82 Å². The van der Waals surface area contributed by atoms with Crippen molar-refractivity contribution in [2.45, 2.75) is 27.3 Å². The molecule has 0 radical (unpaired) electrons. The van der Waals surface area contributed by atoms with Gasteiger partial charge in [0.05, 0.1) is 5.69 Å². The van der Waals surface area contributed by atoms with Crippen molar-refractivity contribution in [3.05, 3.63) is 41.7 Å². The number of nitrogens with zero attached hydrogens (tertiary/aromatic N) is 2. The predicted molar refractivity (Wildman–Crippen MR) is 80.4 cm³/mol. The van der Waals surface area contributed by atoms with E-state index in [-0.39, 0.29) is 5.75 Å². The first-order chi connectivity index (χ1) is 9.54. The first-order valence-corrected chi connectivity index (χ1v) is 6.89. The maximum atomic E-state index is 9.55. The second-order valence-electron chi connectivity index (χ2n) is 5.40. The Balaban J connectivity index is 2.20. The summed E-state index contributed by atoms with van der Waals surface area (Å²) in [6, 6.07) is 9.01. The molecule has 0 aliphatic rings. The highest BCUT2D eigenvalue weighted by molar-refractivity contribution is 5.57. The predicted octanol–water partition coefficient (Wildman–Crippen LogP) is 2.90. The second-order valence-corrected chi connectivity index (χ2v) is 5.40. The van der Waals surface area contributed by atoms with Crippen LogP contribution in [-0.2, 0) is 6.54 Å². The molecule has 1 heterocycles. The third kappa shape index (κ3) is 4.03. The minimum absolute atomic E-state index is 0.229. The molecule has 0 spiro atoms. The molecule has 0 aliphatic heterocycles. The zero-order chi connectivity index (χ0) is 14.5. The summed E-state index contributed by atoms with van der Waals surface area (Å²) in [4.78, 5) is 9.00. The summed E-state index contributed by atoms with van der Waals surface area (Å²) in [7, 11) is 0. The van der Waals surface area contributed by atoms with E-state index in [0.717, 1.165) is 30.0 Å². The topological polar surface area (TPSA) is 58.0 Å². The lowest BCUT2D eigenvalue weighted by atomic mass is 10.2. The summed E-state index contributed by atoms with van der Waals surface area (Å²) in [5.74, 6) is 1.50. The molecule has 106 valence electrons. The first-order valence-electron chi connectivity index (χ1n) is 6.89. The van der Waals surface area contributed by atoms with Crippen LogP contribution in [0.2, 0.25) is 0 Å². The van der Waals surface area contributed by atoms with Crippen LogP contribution in [-0.4, -0.2) is 21.6 Å². The van der Waals surface area contributed by atoms with Crippen molar-refractivity contribution in [3.8, 4) is 17.1 Å². The molecule has 1 aromatic heterocycles. The summed E-state index contributed by atoms with van der Waals surface area (Å²) < 4.78 is 0. The molecule has 2 N–H and O–H groups in total. The fourth-order valence-corrected chi connectivity index (χ4v) is 1.99. The van der Waals surface area contributed by atoms with Crippen LogP contribution < -0.4 is 5.32 Å². The van der Waals surface area contributed by atoms with Crippen molar-refractivity contribution < 1.29 is 5.11 Å². The summed E-state index contributed by atoms with van der Waals surface area (Å²) in [6.45, 7) is 8.00. The van der Waals surface area contributed by atoms with E-state index >= 15 is 0 Å². The molecule has 2 rings (SSSR count). The Morgan fingerprint density at radius 3 is 2.70 bits per heavy atom. The van der Waals surface area contributed by atoms with Gasteiger partial charge in [0, 0.05) is 17.8 Å². The van der Waals surface area contributed by atoms with Crippen molar-refractivity contribution >= 4 is 0 Å². The van der Waals surface area contributed by atoms with Crippen LogP contribution in [0.1, 0.15) is 25.2 Å². The van der Waals surface area contributed by atoms with E-state index < -0.39 is 0 Å². The molecule has 0 saturated carbocycles.